The summed E-state index contributed by atoms with van der Waals surface area (Å²) < 4.78 is 0. The van der Waals surface area contributed by atoms with Crippen LogP contribution in [0.2, 0.25) is 0 Å². The summed E-state index contributed by atoms with van der Waals surface area (Å²) in [6.07, 6.45) is 0.900. The van der Waals surface area contributed by atoms with Gasteiger partial charge in [0, 0.05) is 13.0 Å². The van der Waals surface area contributed by atoms with Crippen molar-refractivity contribution in [1.82, 2.24) is 15.5 Å². The Kier molecular flexibility index (Phi) is 9.53. The van der Waals surface area contributed by atoms with Crippen molar-refractivity contribution in [1.29, 1.82) is 0 Å². The molecule has 1 saturated heterocycles. The van der Waals surface area contributed by atoms with E-state index >= 15 is 0 Å². The van der Waals surface area contributed by atoms with Crippen molar-refractivity contribution >= 4 is 29.7 Å². The van der Waals surface area contributed by atoms with Gasteiger partial charge in [-0.3, -0.25) is 19.2 Å². The fourth-order valence-corrected chi connectivity index (χ4v) is 3.10. The molecule has 11 heteroatoms. The predicted octanol–water partition coefficient (Wildman–Crippen LogP) is -1.10. The molecule has 3 atom stereocenters. The molecule has 3 amide bonds. The largest absolute Gasteiger partial charge is 0.481 e. The van der Waals surface area contributed by atoms with Crippen molar-refractivity contribution in [3.63, 3.8) is 0 Å². The van der Waals surface area contributed by atoms with Gasteiger partial charge in [-0.05, 0) is 31.6 Å². The number of nitrogens with one attached hydrogen (secondary N) is 2. The van der Waals surface area contributed by atoms with E-state index in [1.807, 2.05) is 13.8 Å². The number of carboxylic acids is 2. The summed E-state index contributed by atoms with van der Waals surface area (Å²) in [5.74, 6) is -3.85. The first-order valence-corrected chi connectivity index (χ1v) is 9.60. The van der Waals surface area contributed by atoms with Crippen LogP contribution in [0.15, 0.2) is 0 Å². The molecular weight excluding hydrogens is 384 g/mol. The average Bonchev–Trinajstić information content (AvgIpc) is 3.12. The van der Waals surface area contributed by atoms with E-state index in [0.717, 1.165) is 0 Å². The zero-order valence-corrected chi connectivity index (χ0v) is 16.7. The van der Waals surface area contributed by atoms with Gasteiger partial charge >= 0.3 is 11.9 Å². The van der Waals surface area contributed by atoms with E-state index in [1.165, 1.54) is 4.90 Å². The summed E-state index contributed by atoms with van der Waals surface area (Å²) in [4.78, 5) is 59.9. The van der Waals surface area contributed by atoms with Gasteiger partial charge in [-0.2, -0.15) is 0 Å². The number of hydrogen-bond donors (Lipinski definition) is 5. The van der Waals surface area contributed by atoms with Crippen molar-refractivity contribution < 1.29 is 34.2 Å². The van der Waals surface area contributed by atoms with Crippen LogP contribution in [0.4, 0.5) is 0 Å². The second-order valence-electron chi connectivity index (χ2n) is 7.53. The lowest BCUT2D eigenvalue weighted by molar-refractivity contribution is -0.148. The van der Waals surface area contributed by atoms with Crippen LogP contribution in [0, 0.1) is 5.92 Å². The van der Waals surface area contributed by atoms with Gasteiger partial charge < -0.3 is 31.5 Å². The monoisotopic (exact) mass is 414 g/mol. The number of aliphatic carboxylic acids is 2. The minimum atomic E-state index is -1.08. The fourth-order valence-electron chi connectivity index (χ4n) is 3.10. The number of carbonyl (C=O) groups is 5. The molecule has 0 aromatic rings. The Morgan fingerprint density at radius 1 is 1.14 bits per heavy atom. The van der Waals surface area contributed by atoms with E-state index in [9.17, 15) is 24.0 Å². The second kappa shape index (κ2) is 11.3. The highest BCUT2D eigenvalue weighted by Gasteiger charge is 2.34. The van der Waals surface area contributed by atoms with Gasteiger partial charge in [-0.1, -0.05) is 13.8 Å². The van der Waals surface area contributed by atoms with E-state index in [-0.39, 0.29) is 25.3 Å². The standard InChI is InChI=1S/C18H30N4O7/c1-10(2)8-12(21-16(26)11(19)5-6-15(24)25)17(27)20-9-14(23)22-7-3-4-13(22)18(28)29/h10-13H,3-9,19H2,1-2H3,(H,20,27)(H,21,26)(H,24,25)(H,28,29). The number of carbonyl (C=O) groups excluding carboxylic acids is 3. The summed E-state index contributed by atoms with van der Waals surface area (Å²) in [6, 6.07) is -2.91. The maximum Gasteiger partial charge on any atom is 0.326 e. The van der Waals surface area contributed by atoms with Crippen molar-refractivity contribution in [3.8, 4) is 0 Å². The molecule has 1 aliphatic heterocycles. The van der Waals surface area contributed by atoms with Crippen molar-refractivity contribution in [3.05, 3.63) is 0 Å². The summed E-state index contributed by atoms with van der Waals surface area (Å²) in [5, 5.41) is 22.8. The summed E-state index contributed by atoms with van der Waals surface area (Å²) in [5.41, 5.74) is 5.67. The van der Waals surface area contributed by atoms with E-state index in [1.54, 1.807) is 0 Å². The molecule has 1 rings (SSSR count). The molecule has 0 saturated carbocycles. The maximum absolute atomic E-state index is 12.5. The number of amides is 3. The molecule has 0 aliphatic carbocycles. The third kappa shape index (κ3) is 8.06. The van der Waals surface area contributed by atoms with Crippen LogP contribution < -0.4 is 16.4 Å². The van der Waals surface area contributed by atoms with Gasteiger partial charge in [0.2, 0.25) is 17.7 Å². The Morgan fingerprint density at radius 3 is 2.34 bits per heavy atom. The molecule has 29 heavy (non-hydrogen) atoms. The zero-order chi connectivity index (χ0) is 22.1. The molecular formula is C18H30N4O7. The highest BCUT2D eigenvalue weighted by atomic mass is 16.4. The molecule has 11 nitrogen and oxygen atoms in total. The zero-order valence-electron chi connectivity index (χ0n) is 16.7. The van der Waals surface area contributed by atoms with Crippen molar-refractivity contribution in [2.45, 2.75) is 64.1 Å². The molecule has 0 radical (unpaired) electrons. The number of carboxylic acid groups (broad SMARTS) is 2. The van der Waals surface area contributed by atoms with E-state index in [0.29, 0.717) is 25.8 Å². The van der Waals surface area contributed by atoms with Crippen LogP contribution in [0.25, 0.3) is 0 Å². The van der Waals surface area contributed by atoms with E-state index < -0.39 is 47.8 Å². The minimum absolute atomic E-state index is 0.0481. The van der Waals surface area contributed by atoms with E-state index in [2.05, 4.69) is 10.6 Å². The molecule has 0 spiro atoms. The molecule has 1 fully saturated rings. The fraction of sp³-hybridized carbons (Fsp3) is 0.722. The lowest BCUT2D eigenvalue weighted by Crippen LogP contribution is -2.53. The van der Waals surface area contributed by atoms with Crippen LogP contribution in [-0.4, -0.2) is 76.0 Å². The second-order valence-corrected chi connectivity index (χ2v) is 7.53. The predicted molar refractivity (Wildman–Crippen MR) is 102 cm³/mol. The quantitative estimate of drug-likeness (QED) is 0.283. The van der Waals surface area contributed by atoms with Crippen LogP contribution in [0.3, 0.4) is 0 Å². The smallest absolute Gasteiger partial charge is 0.326 e. The number of nitrogens with two attached hydrogens (primary N) is 1. The highest BCUT2D eigenvalue weighted by molar-refractivity contribution is 5.92. The van der Waals surface area contributed by atoms with Gasteiger partial charge in [-0.15, -0.1) is 0 Å². The number of rotatable bonds is 11. The molecule has 0 aromatic carbocycles. The molecule has 6 N–H and O–H groups in total. The Hall–Kier alpha value is -2.69. The molecule has 0 aromatic heterocycles. The maximum atomic E-state index is 12.5. The van der Waals surface area contributed by atoms with Crippen molar-refractivity contribution in [2.24, 2.45) is 11.7 Å². The Bertz CT molecular complexity index is 638. The number of likely N-dealkylation sites (tertiary alicyclic amines) is 1. The first kappa shape index (κ1) is 24.3. The average molecular weight is 414 g/mol. The summed E-state index contributed by atoms with van der Waals surface area (Å²) in [7, 11) is 0. The van der Waals surface area contributed by atoms with Crippen LogP contribution in [0.5, 0.6) is 0 Å². The third-order valence-electron chi connectivity index (χ3n) is 4.62. The van der Waals surface area contributed by atoms with Crippen LogP contribution in [0.1, 0.15) is 46.0 Å². The van der Waals surface area contributed by atoms with Crippen LogP contribution >= 0.6 is 0 Å². The molecule has 3 unspecified atom stereocenters. The van der Waals surface area contributed by atoms with Crippen LogP contribution in [-0.2, 0) is 24.0 Å². The third-order valence-corrected chi connectivity index (χ3v) is 4.62. The highest BCUT2D eigenvalue weighted by Crippen LogP contribution is 2.17. The van der Waals surface area contributed by atoms with Gasteiger partial charge in [-0.25, -0.2) is 4.79 Å². The SMILES string of the molecule is CC(C)CC(NC(=O)C(N)CCC(=O)O)C(=O)NCC(=O)N1CCCC1C(=O)O. The summed E-state index contributed by atoms with van der Waals surface area (Å²) in [6.45, 7) is 3.64. The molecule has 1 aliphatic rings. The Balaban J connectivity index is 2.64. The van der Waals surface area contributed by atoms with Crippen molar-refractivity contribution in [2.75, 3.05) is 13.1 Å². The first-order valence-electron chi connectivity index (χ1n) is 9.60. The minimum Gasteiger partial charge on any atom is -0.481 e. The van der Waals surface area contributed by atoms with E-state index in [4.69, 9.17) is 15.9 Å². The lowest BCUT2D eigenvalue weighted by atomic mass is 10.0. The van der Waals surface area contributed by atoms with Gasteiger partial charge in [0.1, 0.15) is 12.1 Å². The number of nitrogens with zero attached hydrogens (tertiary/aromatic N) is 1. The number of hydrogen-bond acceptors (Lipinski definition) is 6. The molecule has 0 bridgehead atoms. The lowest BCUT2D eigenvalue weighted by Gasteiger charge is -2.24. The van der Waals surface area contributed by atoms with Gasteiger partial charge in [0.25, 0.3) is 0 Å². The normalized spacial score (nSPS) is 18.2. The van der Waals surface area contributed by atoms with Gasteiger partial charge in [0.05, 0.1) is 12.6 Å². The molecule has 1 heterocycles. The summed E-state index contributed by atoms with van der Waals surface area (Å²) >= 11 is 0. The molecule has 164 valence electrons. The Labute approximate surface area is 169 Å². The van der Waals surface area contributed by atoms with Gasteiger partial charge in [0.15, 0.2) is 0 Å². The first-order chi connectivity index (χ1) is 13.5. The topological polar surface area (TPSA) is 179 Å². The Morgan fingerprint density at radius 2 is 1.79 bits per heavy atom.